The van der Waals surface area contributed by atoms with E-state index in [4.69, 9.17) is 0 Å². The van der Waals surface area contributed by atoms with Crippen LogP contribution >= 0.6 is 11.8 Å². The minimum atomic E-state index is 0.122. The molecule has 0 aromatic rings. The van der Waals surface area contributed by atoms with Crippen LogP contribution in [0.1, 0.15) is 32.1 Å². The number of rotatable bonds is 1. The van der Waals surface area contributed by atoms with Crippen LogP contribution in [0.5, 0.6) is 0 Å². The lowest BCUT2D eigenvalue weighted by atomic mass is 9.96. The average Bonchev–Trinajstić information content (AvgIpc) is 2.06. The topological polar surface area (TPSA) is 29.1 Å². The second-order valence-electron chi connectivity index (χ2n) is 2.97. The quantitative estimate of drug-likeness (QED) is 0.659. The molecule has 0 aromatic heterocycles. The van der Waals surface area contributed by atoms with E-state index in [1.165, 1.54) is 43.9 Å². The van der Waals surface area contributed by atoms with Crippen molar-refractivity contribution in [2.75, 3.05) is 6.26 Å². The summed E-state index contributed by atoms with van der Waals surface area (Å²) in [6, 6.07) is 0.462. The minimum Gasteiger partial charge on any atom is -0.344 e. The highest BCUT2D eigenvalue weighted by Gasteiger charge is 2.14. The largest absolute Gasteiger partial charge is 0.344 e. The van der Waals surface area contributed by atoms with Gasteiger partial charge in [-0.05, 0) is 19.1 Å². The Bertz CT molecular complexity index is 132. The summed E-state index contributed by atoms with van der Waals surface area (Å²) in [6.07, 6.45) is 8.06. The summed E-state index contributed by atoms with van der Waals surface area (Å²) in [7, 11) is 0. The summed E-state index contributed by atoms with van der Waals surface area (Å²) in [5.74, 6) is 0. The smallest absolute Gasteiger partial charge is 0.278 e. The van der Waals surface area contributed by atoms with Crippen LogP contribution in [0.25, 0.3) is 0 Å². The molecule has 1 amide bonds. The first-order valence-corrected chi connectivity index (χ1v) is 5.40. The van der Waals surface area contributed by atoms with Gasteiger partial charge in [0.25, 0.3) is 5.24 Å². The molecular weight excluding hydrogens is 158 g/mol. The van der Waals surface area contributed by atoms with Crippen molar-refractivity contribution in [3.05, 3.63) is 0 Å². The Morgan fingerprint density at radius 2 is 2.00 bits per heavy atom. The summed E-state index contributed by atoms with van der Waals surface area (Å²) in [4.78, 5) is 10.9. The lowest BCUT2D eigenvalue weighted by Crippen LogP contribution is -2.33. The summed E-state index contributed by atoms with van der Waals surface area (Å²) in [5, 5.41) is 3.11. The maximum absolute atomic E-state index is 10.9. The van der Waals surface area contributed by atoms with Crippen molar-refractivity contribution < 1.29 is 4.79 Å². The van der Waals surface area contributed by atoms with Crippen molar-refractivity contribution in [1.29, 1.82) is 0 Å². The SMILES string of the molecule is CSC(=O)NC1CCCCC1. The van der Waals surface area contributed by atoms with Gasteiger partial charge in [0, 0.05) is 6.04 Å². The van der Waals surface area contributed by atoms with Crippen LogP contribution in [0.3, 0.4) is 0 Å². The number of thioether (sulfide) groups is 1. The summed E-state index contributed by atoms with van der Waals surface area (Å²) in [6.45, 7) is 0. The first-order valence-electron chi connectivity index (χ1n) is 4.17. The Morgan fingerprint density at radius 3 is 2.55 bits per heavy atom. The van der Waals surface area contributed by atoms with Gasteiger partial charge in [0.1, 0.15) is 0 Å². The molecule has 0 atom stereocenters. The monoisotopic (exact) mass is 173 g/mol. The molecule has 1 N–H and O–H groups in total. The maximum atomic E-state index is 10.9. The summed E-state index contributed by atoms with van der Waals surface area (Å²) >= 11 is 1.27. The van der Waals surface area contributed by atoms with Gasteiger partial charge in [-0.1, -0.05) is 31.0 Å². The third-order valence-electron chi connectivity index (χ3n) is 2.11. The van der Waals surface area contributed by atoms with Crippen LogP contribution in [0, 0.1) is 0 Å². The van der Waals surface area contributed by atoms with Gasteiger partial charge in [0.15, 0.2) is 0 Å². The Labute approximate surface area is 72.1 Å². The molecule has 1 saturated carbocycles. The van der Waals surface area contributed by atoms with Gasteiger partial charge in [-0.2, -0.15) is 0 Å². The second-order valence-corrected chi connectivity index (χ2v) is 3.75. The number of carbonyl (C=O) groups is 1. The molecular formula is C8H15NOS. The molecule has 0 heterocycles. The zero-order valence-electron chi connectivity index (χ0n) is 6.93. The van der Waals surface area contributed by atoms with E-state index in [-0.39, 0.29) is 5.24 Å². The molecule has 0 unspecified atom stereocenters. The van der Waals surface area contributed by atoms with Gasteiger partial charge in [-0.25, -0.2) is 0 Å². The predicted molar refractivity (Wildman–Crippen MR) is 48.9 cm³/mol. The van der Waals surface area contributed by atoms with Gasteiger partial charge in [0.2, 0.25) is 0 Å². The van der Waals surface area contributed by atoms with E-state index in [1.807, 2.05) is 6.26 Å². The molecule has 0 spiro atoms. The number of hydrogen-bond donors (Lipinski definition) is 1. The number of hydrogen-bond acceptors (Lipinski definition) is 2. The molecule has 0 radical (unpaired) electrons. The minimum absolute atomic E-state index is 0.122. The Balaban J connectivity index is 2.19. The Morgan fingerprint density at radius 1 is 1.36 bits per heavy atom. The van der Waals surface area contributed by atoms with Gasteiger partial charge in [0.05, 0.1) is 0 Å². The van der Waals surface area contributed by atoms with Gasteiger partial charge in [-0.15, -0.1) is 0 Å². The van der Waals surface area contributed by atoms with Crippen molar-refractivity contribution in [3.63, 3.8) is 0 Å². The summed E-state index contributed by atoms with van der Waals surface area (Å²) in [5.41, 5.74) is 0. The number of carbonyl (C=O) groups excluding carboxylic acids is 1. The zero-order valence-corrected chi connectivity index (χ0v) is 7.75. The molecule has 0 saturated heterocycles. The number of nitrogens with one attached hydrogen (secondary N) is 1. The second kappa shape index (κ2) is 4.65. The molecule has 0 aliphatic heterocycles. The lowest BCUT2D eigenvalue weighted by Gasteiger charge is -2.21. The van der Waals surface area contributed by atoms with E-state index in [0.717, 1.165) is 0 Å². The van der Waals surface area contributed by atoms with Crippen molar-refractivity contribution in [3.8, 4) is 0 Å². The third-order valence-corrected chi connectivity index (χ3v) is 2.60. The maximum Gasteiger partial charge on any atom is 0.278 e. The van der Waals surface area contributed by atoms with Crippen LogP contribution in [-0.2, 0) is 0 Å². The third kappa shape index (κ3) is 3.14. The fourth-order valence-corrected chi connectivity index (χ4v) is 1.76. The molecule has 0 aromatic carbocycles. The van der Waals surface area contributed by atoms with E-state index >= 15 is 0 Å². The highest BCUT2D eigenvalue weighted by molar-refractivity contribution is 8.12. The highest BCUT2D eigenvalue weighted by Crippen LogP contribution is 2.17. The van der Waals surface area contributed by atoms with Crippen LogP contribution < -0.4 is 5.32 Å². The lowest BCUT2D eigenvalue weighted by molar-refractivity contribution is 0.253. The first-order chi connectivity index (χ1) is 5.33. The first kappa shape index (κ1) is 8.91. The molecule has 64 valence electrons. The fourth-order valence-electron chi connectivity index (χ4n) is 1.47. The van der Waals surface area contributed by atoms with Crippen LogP contribution in [-0.4, -0.2) is 17.5 Å². The standard InChI is InChI=1S/C8H15NOS/c1-11-8(10)9-7-5-3-2-4-6-7/h7H,2-6H2,1H3,(H,9,10). The normalized spacial score (nSPS) is 19.7. The van der Waals surface area contributed by atoms with Gasteiger partial charge in [-0.3, -0.25) is 4.79 Å². The van der Waals surface area contributed by atoms with Gasteiger partial charge >= 0.3 is 0 Å². The molecule has 1 aliphatic rings. The van der Waals surface area contributed by atoms with Crippen molar-refractivity contribution in [2.24, 2.45) is 0 Å². The van der Waals surface area contributed by atoms with Crippen molar-refractivity contribution in [2.45, 2.75) is 38.1 Å². The van der Waals surface area contributed by atoms with E-state index in [9.17, 15) is 4.79 Å². The van der Waals surface area contributed by atoms with Crippen LogP contribution in [0.2, 0.25) is 0 Å². The van der Waals surface area contributed by atoms with E-state index in [0.29, 0.717) is 6.04 Å². The predicted octanol–water partition coefficient (Wildman–Crippen LogP) is 2.39. The zero-order chi connectivity index (χ0) is 8.10. The fraction of sp³-hybridized carbons (Fsp3) is 0.875. The summed E-state index contributed by atoms with van der Waals surface area (Å²) < 4.78 is 0. The van der Waals surface area contributed by atoms with E-state index in [1.54, 1.807) is 0 Å². The Kier molecular flexibility index (Phi) is 3.77. The molecule has 2 nitrogen and oxygen atoms in total. The van der Waals surface area contributed by atoms with E-state index < -0.39 is 0 Å². The molecule has 3 heteroatoms. The van der Waals surface area contributed by atoms with Gasteiger partial charge < -0.3 is 5.32 Å². The van der Waals surface area contributed by atoms with E-state index in [2.05, 4.69) is 5.32 Å². The molecule has 1 rings (SSSR count). The van der Waals surface area contributed by atoms with Crippen LogP contribution in [0.4, 0.5) is 4.79 Å². The molecule has 1 aliphatic carbocycles. The molecule has 1 fully saturated rings. The highest BCUT2D eigenvalue weighted by atomic mass is 32.2. The number of amides is 1. The average molecular weight is 173 g/mol. The van der Waals surface area contributed by atoms with Crippen molar-refractivity contribution in [1.82, 2.24) is 5.32 Å². The van der Waals surface area contributed by atoms with Crippen LogP contribution in [0.15, 0.2) is 0 Å². The molecule has 0 bridgehead atoms. The Hall–Kier alpha value is -0.180. The molecule has 11 heavy (non-hydrogen) atoms. The van der Waals surface area contributed by atoms with Crippen molar-refractivity contribution >= 4 is 17.0 Å².